The molecule has 5 rings (SSSR count). The molecule has 0 saturated carbocycles. The molecular weight excluding hydrogens is 443 g/mol. The average Bonchev–Trinajstić information content (AvgIpc) is 2.74. The van der Waals surface area contributed by atoms with E-state index in [9.17, 15) is 0 Å². The van der Waals surface area contributed by atoms with Gasteiger partial charge in [0.25, 0.3) is 0 Å². The van der Waals surface area contributed by atoms with Crippen LogP contribution in [0, 0.1) is 5.92 Å². The van der Waals surface area contributed by atoms with Gasteiger partial charge in [-0.2, -0.15) is 0 Å². The van der Waals surface area contributed by atoms with Gasteiger partial charge in [-0.25, -0.2) is 0 Å². The Hall–Kier alpha value is -1.17. The van der Waals surface area contributed by atoms with E-state index in [4.69, 9.17) is 21.1 Å². The van der Waals surface area contributed by atoms with Crippen LogP contribution >= 0.6 is 36.4 Å². The minimum Gasteiger partial charge on any atom is -0.490 e. The molecule has 3 fully saturated rings. The number of ether oxygens (including phenoxy) is 2. The summed E-state index contributed by atoms with van der Waals surface area (Å²) in [7, 11) is 0. The molecule has 7 heteroatoms. The number of halogens is 3. The molecule has 1 atom stereocenters. The zero-order valence-corrected chi connectivity index (χ0v) is 19.7. The van der Waals surface area contributed by atoms with E-state index in [1.807, 2.05) is 37.3 Å². The Balaban J connectivity index is 0.00000160. The van der Waals surface area contributed by atoms with Crippen LogP contribution in [0.15, 0.2) is 42.5 Å². The van der Waals surface area contributed by atoms with Crippen LogP contribution in [0.3, 0.4) is 0 Å². The molecule has 0 radical (unpaired) electrons. The van der Waals surface area contributed by atoms with Crippen LogP contribution in [-0.4, -0.2) is 37.2 Å². The lowest BCUT2D eigenvalue weighted by Crippen LogP contribution is -2.55. The molecule has 30 heavy (non-hydrogen) atoms. The van der Waals surface area contributed by atoms with E-state index in [2.05, 4.69) is 22.3 Å². The molecule has 1 N–H and O–H groups in total. The minimum atomic E-state index is 0. The van der Waals surface area contributed by atoms with Gasteiger partial charge in [0.1, 0.15) is 6.61 Å². The number of nitrogens with one attached hydrogen (secondary N) is 1. The molecular formula is C23H31Cl3N2O2. The van der Waals surface area contributed by atoms with Crippen LogP contribution in [0.4, 0.5) is 0 Å². The van der Waals surface area contributed by atoms with Gasteiger partial charge in [-0.15, -0.1) is 24.8 Å². The van der Waals surface area contributed by atoms with E-state index in [0.717, 1.165) is 34.5 Å². The summed E-state index contributed by atoms with van der Waals surface area (Å²) in [5.41, 5.74) is 2.32. The first-order chi connectivity index (χ1) is 13.7. The summed E-state index contributed by atoms with van der Waals surface area (Å²) in [4.78, 5) is 2.58. The van der Waals surface area contributed by atoms with Crippen LogP contribution in [0.5, 0.6) is 11.5 Å². The summed E-state index contributed by atoms with van der Waals surface area (Å²) in [5.74, 6) is 2.42. The summed E-state index contributed by atoms with van der Waals surface area (Å²) in [5, 5.41) is 4.51. The van der Waals surface area contributed by atoms with Crippen LogP contribution < -0.4 is 14.8 Å². The van der Waals surface area contributed by atoms with Crippen LogP contribution in [0.2, 0.25) is 5.02 Å². The summed E-state index contributed by atoms with van der Waals surface area (Å²) in [6.45, 7) is 7.72. The monoisotopic (exact) mass is 472 g/mol. The van der Waals surface area contributed by atoms with Crippen LogP contribution in [0.1, 0.15) is 30.9 Å². The summed E-state index contributed by atoms with van der Waals surface area (Å²) in [6.07, 6.45) is 2.67. The van der Waals surface area contributed by atoms with Crippen LogP contribution in [0.25, 0.3) is 0 Å². The largest absolute Gasteiger partial charge is 0.490 e. The summed E-state index contributed by atoms with van der Waals surface area (Å²) >= 11 is 5.95. The number of fused-ring (bicyclic) bond motifs is 3. The smallest absolute Gasteiger partial charge is 0.161 e. The lowest BCUT2D eigenvalue weighted by Gasteiger charge is -2.45. The molecule has 3 saturated heterocycles. The molecule has 2 bridgehead atoms. The first-order valence-corrected chi connectivity index (χ1v) is 10.7. The Morgan fingerprint density at radius 1 is 0.967 bits per heavy atom. The molecule has 3 aliphatic heterocycles. The molecule has 0 spiro atoms. The predicted octanol–water partition coefficient (Wildman–Crippen LogP) is 5.35. The summed E-state index contributed by atoms with van der Waals surface area (Å²) in [6, 6.07) is 14.6. The molecule has 166 valence electrons. The van der Waals surface area contributed by atoms with Gasteiger partial charge in [0.15, 0.2) is 11.5 Å². The number of piperidine rings is 3. The third-order valence-corrected chi connectivity index (χ3v) is 6.09. The third-order valence-electron chi connectivity index (χ3n) is 5.84. The van der Waals surface area contributed by atoms with Crippen LogP contribution in [-0.2, 0) is 13.2 Å². The van der Waals surface area contributed by atoms with E-state index in [-0.39, 0.29) is 24.8 Å². The molecule has 3 aliphatic rings. The minimum absolute atomic E-state index is 0. The second-order valence-corrected chi connectivity index (χ2v) is 8.19. The molecule has 2 aromatic carbocycles. The second-order valence-electron chi connectivity index (χ2n) is 7.75. The highest BCUT2D eigenvalue weighted by atomic mass is 35.5. The standard InChI is InChI=1S/C23H29ClN2O2.2ClH/c1-2-27-23-13-18(14-25-21-15-26-11-9-19(21)10-12-26)5-8-22(23)28-16-17-3-6-20(24)7-4-17;;/h3-8,13,19,21,25H,2,9-12,14-16H2,1H3;2*1H. The predicted molar refractivity (Wildman–Crippen MR) is 128 cm³/mol. The highest BCUT2D eigenvalue weighted by Gasteiger charge is 2.33. The van der Waals surface area contributed by atoms with Gasteiger partial charge in [0.2, 0.25) is 0 Å². The van der Waals surface area contributed by atoms with Crippen molar-refractivity contribution in [1.29, 1.82) is 0 Å². The Morgan fingerprint density at radius 2 is 1.67 bits per heavy atom. The van der Waals surface area contributed by atoms with Crippen molar-refractivity contribution < 1.29 is 9.47 Å². The Morgan fingerprint density at radius 3 is 2.30 bits per heavy atom. The van der Waals surface area contributed by atoms with Gasteiger partial charge in [0, 0.05) is 24.2 Å². The number of nitrogens with zero attached hydrogens (tertiary/aromatic N) is 1. The molecule has 3 heterocycles. The van der Waals surface area contributed by atoms with E-state index >= 15 is 0 Å². The first-order valence-electron chi connectivity index (χ1n) is 10.3. The average molecular weight is 474 g/mol. The normalized spacial score (nSPS) is 22.0. The second kappa shape index (κ2) is 12.0. The first kappa shape index (κ1) is 25.1. The highest BCUT2D eigenvalue weighted by molar-refractivity contribution is 6.30. The van der Waals surface area contributed by atoms with Crippen molar-refractivity contribution in [1.82, 2.24) is 10.2 Å². The fourth-order valence-electron chi connectivity index (χ4n) is 4.24. The van der Waals surface area contributed by atoms with E-state index < -0.39 is 0 Å². The van der Waals surface area contributed by atoms with Gasteiger partial charge in [-0.3, -0.25) is 0 Å². The zero-order chi connectivity index (χ0) is 19.3. The lowest BCUT2D eigenvalue weighted by molar-refractivity contribution is 0.0720. The number of hydrogen-bond donors (Lipinski definition) is 1. The van der Waals surface area contributed by atoms with E-state index in [1.54, 1.807) is 0 Å². The molecule has 0 aromatic heterocycles. The van der Waals surface area contributed by atoms with Gasteiger partial charge in [-0.1, -0.05) is 29.8 Å². The molecule has 1 unspecified atom stereocenters. The summed E-state index contributed by atoms with van der Waals surface area (Å²) < 4.78 is 11.9. The molecule has 4 nitrogen and oxygen atoms in total. The van der Waals surface area contributed by atoms with Gasteiger partial charge >= 0.3 is 0 Å². The maximum atomic E-state index is 6.01. The van der Waals surface area contributed by atoms with E-state index in [0.29, 0.717) is 19.3 Å². The topological polar surface area (TPSA) is 33.7 Å². The SMILES string of the molecule is CCOc1cc(CNC2CN3CCC2CC3)ccc1OCc1ccc(Cl)cc1.Cl.Cl. The van der Waals surface area contributed by atoms with Gasteiger partial charge in [0.05, 0.1) is 6.61 Å². The van der Waals surface area contributed by atoms with Crippen molar-refractivity contribution in [3.63, 3.8) is 0 Å². The van der Waals surface area contributed by atoms with Crippen molar-refractivity contribution >= 4 is 36.4 Å². The molecule has 0 amide bonds. The maximum absolute atomic E-state index is 6.01. The Kier molecular flexibility index (Phi) is 10.1. The quantitative estimate of drug-likeness (QED) is 0.561. The maximum Gasteiger partial charge on any atom is 0.161 e. The van der Waals surface area contributed by atoms with Crippen molar-refractivity contribution in [2.24, 2.45) is 5.92 Å². The number of benzene rings is 2. The van der Waals surface area contributed by atoms with Crippen molar-refractivity contribution in [2.45, 2.75) is 39.0 Å². The van der Waals surface area contributed by atoms with Crippen molar-refractivity contribution in [3.8, 4) is 11.5 Å². The van der Waals surface area contributed by atoms with E-state index in [1.165, 1.54) is 38.0 Å². The lowest BCUT2D eigenvalue weighted by atomic mass is 9.84. The fraction of sp³-hybridized carbons (Fsp3) is 0.478. The Bertz CT molecular complexity index is 781. The van der Waals surface area contributed by atoms with Crippen molar-refractivity contribution in [2.75, 3.05) is 26.2 Å². The zero-order valence-electron chi connectivity index (χ0n) is 17.3. The highest BCUT2D eigenvalue weighted by Crippen LogP contribution is 2.31. The van der Waals surface area contributed by atoms with Crippen molar-refractivity contribution in [3.05, 3.63) is 58.6 Å². The van der Waals surface area contributed by atoms with Gasteiger partial charge < -0.3 is 19.7 Å². The fourth-order valence-corrected chi connectivity index (χ4v) is 4.36. The number of hydrogen-bond acceptors (Lipinski definition) is 4. The molecule has 0 aliphatic carbocycles. The number of rotatable bonds is 8. The molecule has 2 aromatic rings. The van der Waals surface area contributed by atoms with Gasteiger partial charge in [-0.05, 0) is 74.2 Å². The third kappa shape index (κ3) is 6.41. The Labute approximate surface area is 197 Å².